The van der Waals surface area contributed by atoms with Gasteiger partial charge in [0, 0.05) is 19.3 Å². The fourth-order valence-electron chi connectivity index (χ4n) is 10.3. The molecule has 0 bridgehead atoms. The summed E-state index contributed by atoms with van der Waals surface area (Å²) < 4.78 is 16.9. The Balaban J connectivity index is 4.14. The Morgan fingerprint density at radius 3 is 0.667 bits per heavy atom. The van der Waals surface area contributed by atoms with E-state index in [2.05, 4.69) is 45.1 Å². The summed E-state index contributed by atoms with van der Waals surface area (Å²) in [5.41, 5.74) is 0. The maximum Gasteiger partial charge on any atom is 0.306 e. The lowest BCUT2D eigenvalue weighted by Gasteiger charge is -2.18. The van der Waals surface area contributed by atoms with Gasteiger partial charge in [0.15, 0.2) is 6.10 Å². The standard InChI is InChI=1S/C69H130O6/c1-4-7-10-13-16-19-22-25-28-29-30-31-32-33-34-35-36-37-38-39-40-41-42-45-47-50-53-56-59-62-68(71)74-65-66(75-69(72)63-60-57-54-51-48-44-27-24-21-18-15-12-9-6-3)64-73-67(70)61-58-55-52-49-46-43-26-23-20-17-14-11-8-5-2/h23-24,26-27,66H,4-22,25,28-65H2,1-3H3/b26-23-,27-24-. The van der Waals surface area contributed by atoms with Gasteiger partial charge in [0.05, 0.1) is 0 Å². The molecule has 0 saturated carbocycles. The van der Waals surface area contributed by atoms with Gasteiger partial charge in [-0.15, -0.1) is 0 Å². The van der Waals surface area contributed by atoms with E-state index < -0.39 is 6.10 Å². The van der Waals surface area contributed by atoms with Gasteiger partial charge in [-0.05, 0) is 70.6 Å². The molecule has 6 nitrogen and oxygen atoms in total. The van der Waals surface area contributed by atoms with Crippen molar-refractivity contribution in [3.63, 3.8) is 0 Å². The number of allylic oxidation sites excluding steroid dienone is 4. The average Bonchev–Trinajstić information content (AvgIpc) is 3.41. The first kappa shape index (κ1) is 72.9. The molecule has 1 unspecified atom stereocenters. The quantitative estimate of drug-likeness (QED) is 0.0261. The summed E-state index contributed by atoms with van der Waals surface area (Å²) in [6.45, 7) is 6.67. The third-order valence-corrected chi connectivity index (χ3v) is 15.4. The van der Waals surface area contributed by atoms with E-state index in [1.165, 1.54) is 270 Å². The topological polar surface area (TPSA) is 78.9 Å². The molecule has 0 aliphatic rings. The molecular formula is C69H130O6. The molecule has 0 aromatic heterocycles. The van der Waals surface area contributed by atoms with Crippen LogP contribution >= 0.6 is 0 Å². The number of rotatable bonds is 63. The van der Waals surface area contributed by atoms with Gasteiger partial charge in [-0.2, -0.15) is 0 Å². The minimum absolute atomic E-state index is 0.0724. The maximum atomic E-state index is 12.9. The smallest absolute Gasteiger partial charge is 0.306 e. The molecule has 0 spiro atoms. The predicted molar refractivity (Wildman–Crippen MR) is 326 cm³/mol. The van der Waals surface area contributed by atoms with E-state index in [0.717, 1.165) is 70.6 Å². The molecule has 0 saturated heterocycles. The molecule has 75 heavy (non-hydrogen) atoms. The highest BCUT2D eigenvalue weighted by Crippen LogP contribution is 2.18. The first-order chi connectivity index (χ1) is 37.0. The minimum Gasteiger partial charge on any atom is -0.462 e. The van der Waals surface area contributed by atoms with Gasteiger partial charge >= 0.3 is 17.9 Å². The molecular weight excluding hydrogens is 925 g/mol. The van der Waals surface area contributed by atoms with Crippen molar-refractivity contribution in [3.05, 3.63) is 24.3 Å². The Morgan fingerprint density at radius 2 is 0.440 bits per heavy atom. The zero-order valence-corrected chi connectivity index (χ0v) is 50.8. The van der Waals surface area contributed by atoms with E-state index in [9.17, 15) is 14.4 Å². The summed E-state index contributed by atoms with van der Waals surface area (Å²) in [6, 6.07) is 0. The van der Waals surface area contributed by atoms with E-state index in [-0.39, 0.29) is 31.1 Å². The number of carbonyl (C=O) groups excluding carboxylic acids is 3. The highest BCUT2D eigenvalue weighted by atomic mass is 16.6. The second kappa shape index (κ2) is 64.4. The highest BCUT2D eigenvalue weighted by molar-refractivity contribution is 5.71. The molecule has 442 valence electrons. The van der Waals surface area contributed by atoms with Crippen molar-refractivity contribution < 1.29 is 28.6 Å². The first-order valence-electron chi connectivity index (χ1n) is 33.8. The Labute approximate surface area is 468 Å². The first-order valence-corrected chi connectivity index (χ1v) is 33.8. The number of ether oxygens (including phenoxy) is 3. The van der Waals surface area contributed by atoms with Gasteiger partial charge in [-0.3, -0.25) is 14.4 Å². The monoisotopic (exact) mass is 1050 g/mol. The molecule has 6 heteroatoms. The molecule has 0 amide bonds. The van der Waals surface area contributed by atoms with Crippen LogP contribution < -0.4 is 0 Å². The molecule has 0 aromatic rings. The van der Waals surface area contributed by atoms with Crippen LogP contribution in [0.1, 0.15) is 380 Å². The lowest BCUT2D eigenvalue weighted by atomic mass is 10.0. The van der Waals surface area contributed by atoms with Crippen molar-refractivity contribution in [2.24, 2.45) is 0 Å². The normalized spacial score (nSPS) is 12.1. The van der Waals surface area contributed by atoms with Crippen LogP contribution in [0, 0.1) is 0 Å². The van der Waals surface area contributed by atoms with E-state index in [4.69, 9.17) is 14.2 Å². The summed E-state index contributed by atoms with van der Waals surface area (Å²) in [5, 5.41) is 0. The number of hydrogen-bond acceptors (Lipinski definition) is 6. The van der Waals surface area contributed by atoms with Gasteiger partial charge in [0.2, 0.25) is 0 Å². The number of unbranched alkanes of at least 4 members (excludes halogenated alkanes) is 48. The summed E-state index contributed by atoms with van der Waals surface area (Å²) in [5.74, 6) is -0.865. The van der Waals surface area contributed by atoms with Gasteiger partial charge in [-0.25, -0.2) is 0 Å². The SMILES string of the molecule is CCCCCCC/C=C\CCCCCCCC(=O)OCC(COC(=O)CCCCCCCCCCCCCCCCCCCCCCCCCCCCCCC)OC(=O)CCCCCCC/C=C\CCCCCCC. The van der Waals surface area contributed by atoms with Crippen LogP contribution in [-0.2, 0) is 28.6 Å². The van der Waals surface area contributed by atoms with Crippen molar-refractivity contribution in [1.29, 1.82) is 0 Å². The lowest BCUT2D eigenvalue weighted by Crippen LogP contribution is -2.30. The van der Waals surface area contributed by atoms with Crippen LogP contribution in [0.3, 0.4) is 0 Å². The summed E-state index contributed by atoms with van der Waals surface area (Å²) >= 11 is 0. The third-order valence-electron chi connectivity index (χ3n) is 15.4. The van der Waals surface area contributed by atoms with Crippen LogP contribution in [0.4, 0.5) is 0 Å². The average molecular weight is 1060 g/mol. The van der Waals surface area contributed by atoms with Gasteiger partial charge < -0.3 is 14.2 Å². The third kappa shape index (κ3) is 62.6. The molecule has 0 heterocycles. The van der Waals surface area contributed by atoms with Crippen molar-refractivity contribution >= 4 is 17.9 Å². The summed E-state index contributed by atoms with van der Waals surface area (Å²) in [4.78, 5) is 38.3. The van der Waals surface area contributed by atoms with E-state index >= 15 is 0 Å². The predicted octanol–water partition coefficient (Wildman–Crippen LogP) is 23.0. The Hall–Kier alpha value is -2.11. The van der Waals surface area contributed by atoms with Crippen LogP contribution in [0.25, 0.3) is 0 Å². The Morgan fingerprint density at radius 1 is 0.253 bits per heavy atom. The van der Waals surface area contributed by atoms with E-state index in [1.54, 1.807) is 0 Å². The summed E-state index contributed by atoms with van der Waals surface area (Å²) in [7, 11) is 0. The Bertz CT molecular complexity index is 1210. The fourth-order valence-corrected chi connectivity index (χ4v) is 10.3. The Kier molecular flexibility index (Phi) is 62.6. The molecule has 0 aliphatic heterocycles. The van der Waals surface area contributed by atoms with Crippen molar-refractivity contribution in [2.45, 2.75) is 386 Å². The molecule has 0 rings (SSSR count). The number of carbonyl (C=O) groups is 3. The van der Waals surface area contributed by atoms with Crippen LogP contribution in [-0.4, -0.2) is 37.2 Å². The fraction of sp³-hybridized carbons (Fsp3) is 0.899. The van der Waals surface area contributed by atoms with Gasteiger partial charge in [0.25, 0.3) is 0 Å². The van der Waals surface area contributed by atoms with Gasteiger partial charge in [0.1, 0.15) is 13.2 Å². The zero-order valence-electron chi connectivity index (χ0n) is 50.8. The molecule has 0 aliphatic carbocycles. The van der Waals surface area contributed by atoms with Crippen LogP contribution in [0.5, 0.6) is 0 Å². The molecule has 0 radical (unpaired) electrons. The molecule has 0 aromatic carbocycles. The van der Waals surface area contributed by atoms with E-state index in [1.807, 2.05) is 0 Å². The van der Waals surface area contributed by atoms with Crippen LogP contribution in [0.15, 0.2) is 24.3 Å². The molecule has 0 N–H and O–H groups in total. The second-order valence-corrected chi connectivity index (χ2v) is 23.1. The zero-order chi connectivity index (χ0) is 54.3. The maximum absolute atomic E-state index is 12.9. The summed E-state index contributed by atoms with van der Waals surface area (Å²) in [6.07, 6.45) is 77.8. The highest BCUT2D eigenvalue weighted by Gasteiger charge is 2.19. The second-order valence-electron chi connectivity index (χ2n) is 23.1. The van der Waals surface area contributed by atoms with Crippen molar-refractivity contribution in [1.82, 2.24) is 0 Å². The molecule has 1 atom stereocenters. The minimum atomic E-state index is -0.776. The van der Waals surface area contributed by atoms with Crippen molar-refractivity contribution in [2.75, 3.05) is 13.2 Å². The number of esters is 3. The van der Waals surface area contributed by atoms with Crippen LogP contribution in [0.2, 0.25) is 0 Å². The number of hydrogen-bond donors (Lipinski definition) is 0. The largest absolute Gasteiger partial charge is 0.462 e. The molecule has 0 fully saturated rings. The van der Waals surface area contributed by atoms with E-state index in [0.29, 0.717) is 19.3 Å². The lowest BCUT2D eigenvalue weighted by molar-refractivity contribution is -0.167. The van der Waals surface area contributed by atoms with Gasteiger partial charge in [-0.1, -0.05) is 315 Å². The van der Waals surface area contributed by atoms with Crippen molar-refractivity contribution in [3.8, 4) is 0 Å².